The second-order valence-corrected chi connectivity index (χ2v) is 3.96. The van der Waals surface area contributed by atoms with Crippen molar-refractivity contribution in [3.8, 4) is 0 Å². The van der Waals surface area contributed by atoms with Gasteiger partial charge in [-0.1, -0.05) is 12.1 Å². The van der Waals surface area contributed by atoms with Crippen LogP contribution in [0.25, 0.3) is 0 Å². The Morgan fingerprint density at radius 2 is 1.93 bits per heavy atom. The van der Waals surface area contributed by atoms with Crippen molar-refractivity contribution < 1.29 is 9.18 Å². The predicted octanol–water partition coefficient (Wildman–Crippen LogP) is 2.70. The molecule has 0 bridgehead atoms. The molecule has 0 radical (unpaired) electrons. The van der Waals surface area contributed by atoms with Gasteiger partial charge in [0.1, 0.15) is 5.82 Å². The maximum Gasteiger partial charge on any atom is 0.198 e. The highest BCUT2D eigenvalue weighted by molar-refractivity contribution is 7.14. The van der Waals surface area contributed by atoms with Crippen molar-refractivity contribution in [3.05, 3.63) is 52.7 Å². The van der Waals surface area contributed by atoms with E-state index in [-0.39, 0.29) is 11.3 Å². The van der Waals surface area contributed by atoms with Gasteiger partial charge < -0.3 is 5.73 Å². The lowest BCUT2D eigenvalue weighted by Crippen LogP contribution is -2.04. The fraction of sp³-hybridized carbons (Fsp3) is 0. The van der Waals surface area contributed by atoms with E-state index < -0.39 is 5.82 Å². The van der Waals surface area contributed by atoms with E-state index in [4.69, 9.17) is 5.73 Å². The maximum absolute atomic E-state index is 13.3. The summed E-state index contributed by atoms with van der Waals surface area (Å²) >= 11 is 1.27. The molecule has 0 aliphatic rings. The summed E-state index contributed by atoms with van der Waals surface area (Å²) in [7, 11) is 0. The Labute approximate surface area is 90.2 Å². The maximum atomic E-state index is 13.3. The molecule has 4 heteroatoms. The minimum Gasteiger partial charge on any atom is -0.390 e. The van der Waals surface area contributed by atoms with Crippen molar-refractivity contribution in [2.24, 2.45) is 0 Å². The topological polar surface area (TPSA) is 43.1 Å². The predicted molar refractivity (Wildman–Crippen MR) is 58.6 cm³/mol. The molecule has 0 atom stereocenters. The molecule has 0 saturated carbocycles. The number of carbonyl (C=O) groups is 1. The minimum absolute atomic E-state index is 0.0580. The van der Waals surface area contributed by atoms with Crippen molar-refractivity contribution in [2.45, 2.75) is 0 Å². The van der Waals surface area contributed by atoms with E-state index in [1.807, 2.05) is 0 Å². The smallest absolute Gasteiger partial charge is 0.198 e. The van der Waals surface area contributed by atoms with Crippen molar-refractivity contribution >= 4 is 22.1 Å². The molecule has 0 amide bonds. The molecule has 15 heavy (non-hydrogen) atoms. The molecule has 2 nitrogen and oxygen atoms in total. The minimum atomic E-state index is -0.520. The van der Waals surface area contributed by atoms with Gasteiger partial charge in [-0.25, -0.2) is 4.39 Å². The van der Waals surface area contributed by atoms with E-state index in [0.29, 0.717) is 10.6 Å². The zero-order chi connectivity index (χ0) is 10.8. The van der Waals surface area contributed by atoms with Gasteiger partial charge in [0.25, 0.3) is 0 Å². The Morgan fingerprint density at radius 3 is 2.53 bits per heavy atom. The number of hydrogen-bond donors (Lipinski definition) is 1. The number of thiophene rings is 1. The van der Waals surface area contributed by atoms with E-state index >= 15 is 0 Å². The van der Waals surface area contributed by atoms with Gasteiger partial charge in [-0.2, -0.15) is 0 Å². The number of rotatable bonds is 2. The normalized spacial score (nSPS) is 10.2. The summed E-state index contributed by atoms with van der Waals surface area (Å²) in [6, 6.07) is 7.49. The third kappa shape index (κ3) is 1.76. The molecular weight excluding hydrogens is 213 g/mol. The van der Waals surface area contributed by atoms with Gasteiger partial charge in [0.2, 0.25) is 0 Å². The highest BCUT2D eigenvalue weighted by atomic mass is 32.1. The van der Waals surface area contributed by atoms with Gasteiger partial charge in [-0.3, -0.25) is 4.79 Å². The van der Waals surface area contributed by atoms with Crippen LogP contribution in [-0.2, 0) is 0 Å². The third-order valence-electron chi connectivity index (χ3n) is 2.06. The average Bonchev–Trinajstić information content (AvgIpc) is 2.64. The van der Waals surface area contributed by atoms with Crippen LogP contribution in [0.2, 0.25) is 0 Å². The van der Waals surface area contributed by atoms with E-state index in [0.717, 1.165) is 0 Å². The molecule has 1 aromatic heterocycles. The molecule has 0 fully saturated rings. The van der Waals surface area contributed by atoms with Crippen LogP contribution >= 0.6 is 11.3 Å². The fourth-order valence-electron chi connectivity index (χ4n) is 1.30. The lowest BCUT2D eigenvalue weighted by Gasteiger charge is -2.00. The quantitative estimate of drug-likeness (QED) is 0.792. The monoisotopic (exact) mass is 221 g/mol. The summed E-state index contributed by atoms with van der Waals surface area (Å²) < 4.78 is 13.3. The summed E-state index contributed by atoms with van der Waals surface area (Å²) in [5.41, 5.74) is 6.03. The molecule has 0 unspecified atom stereocenters. The van der Waals surface area contributed by atoms with Gasteiger partial charge in [0, 0.05) is 0 Å². The lowest BCUT2D eigenvalue weighted by atomic mass is 10.1. The molecule has 2 rings (SSSR count). The second kappa shape index (κ2) is 3.82. The molecule has 1 heterocycles. The van der Waals surface area contributed by atoms with Crippen LogP contribution in [0.3, 0.4) is 0 Å². The van der Waals surface area contributed by atoms with E-state index in [2.05, 4.69) is 0 Å². The number of hydrogen-bond acceptors (Lipinski definition) is 3. The van der Waals surface area contributed by atoms with Gasteiger partial charge in [0.05, 0.1) is 16.1 Å². The van der Waals surface area contributed by atoms with Crippen LogP contribution in [0, 0.1) is 5.82 Å². The number of anilines is 1. The Hall–Kier alpha value is -1.68. The van der Waals surface area contributed by atoms with Crippen molar-refractivity contribution in [3.63, 3.8) is 0 Å². The lowest BCUT2D eigenvalue weighted by molar-refractivity contribution is 0.103. The van der Waals surface area contributed by atoms with Crippen LogP contribution in [0.1, 0.15) is 15.9 Å². The Morgan fingerprint density at radius 1 is 1.20 bits per heavy atom. The Balaban J connectivity index is 2.46. The zero-order valence-corrected chi connectivity index (χ0v) is 8.55. The van der Waals surface area contributed by atoms with Gasteiger partial charge in [-0.15, -0.1) is 11.3 Å². The van der Waals surface area contributed by atoms with Gasteiger partial charge >= 0.3 is 0 Å². The molecule has 0 aliphatic carbocycles. The number of nitrogen functional groups attached to an aromatic ring is 1. The van der Waals surface area contributed by atoms with E-state index in [1.165, 1.54) is 23.5 Å². The molecule has 2 aromatic rings. The SMILES string of the molecule is Nc1sccc1C(=O)c1ccccc1F. The highest BCUT2D eigenvalue weighted by Gasteiger charge is 2.16. The first-order valence-electron chi connectivity index (χ1n) is 4.32. The standard InChI is InChI=1S/C11H8FNOS/c12-9-4-2-1-3-7(9)10(14)8-5-6-15-11(8)13/h1-6H,13H2. The largest absolute Gasteiger partial charge is 0.390 e. The van der Waals surface area contributed by atoms with Crippen molar-refractivity contribution in [1.29, 1.82) is 0 Å². The summed E-state index contributed by atoms with van der Waals surface area (Å²) in [5.74, 6) is -0.889. The number of halogens is 1. The van der Waals surface area contributed by atoms with Crippen molar-refractivity contribution in [1.82, 2.24) is 0 Å². The Bertz CT molecular complexity index is 507. The highest BCUT2D eigenvalue weighted by Crippen LogP contribution is 2.23. The zero-order valence-electron chi connectivity index (χ0n) is 7.74. The van der Waals surface area contributed by atoms with Crippen LogP contribution in [0.15, 0.2) is 35.7 Å². The van der Waals surface area contributed by atoms with Gasteiger partial charge in [0.15, 0.2) is 5.78 Å². The van der Waals surface area contributed by atoms with E-state index in [9.17, 15) is 9.18 Å². The first kappa shape index (κ1) is 9.86. The third-order valence-corrected chi connectivity index (χ3v) is 2.80. The van der Waals surface area contributed by atoms with Crippen LogP contribution in [-0.4, -0.2) is 5.78 Å². The van der Waals surface area contributed by atoms with E-state index in [1.54, 1.807) is 23.6 Å². The molecule has 76 valence electrons. The molecular formula is C11H8FNOS. The number of carbonyl (C=O) groups excluding carboxylic acids is 1. The summed E-state index contributed by atoms with van der Waals surface area (Å²) in [6.07, 6.45) is 0. The molecule has 2 N–H and O–H groups in total. The first-order chi connectivity index (χ1) is 7.20. The molecule has 0 aliphatic heterocycles. The molecule has 0 spiro atoms. The number of benzene rings is 1. The van der Waals surface area contributed by atoms with Crippen LogP contribution in [0.4, 0.5) is 9.39 Å². The van der Waals surface area contributed by atoms with Crippen LogP contribution in [0.5, 0.6) is 0 Å². The average molecular weight is 221 g/mol. The van der Waals surface area contributed by atoms with Gasteiger partial charge in [-0.05, 0) is 23.6 Å². The summed E-state index contributed by atoms with van der Waals surface area (Å²) in [6.45, 7) is 0. The molecule has 0 saturated heterocycles. The number of ketones is 1. The summed E-state index contributed by atoms with van der Waals surface area (Å²) in [4.78, 5) is 11.8. The number of nitrogens with two attached hydrogens (primary N) is 1. The Kier molecular flexibility index (Phi) is 2.51. The first-order valence-corrected chi connectivity index (χ1v) is 5.20. The second-order valence-electron chi connectivity index (χ2n) is 3.01. The summed E-state index contributed by atoms with van der Waals surface area (Å²) in [5, 5.41) is 2.13. The molecule has 1 aromatic carbocycles. The van der Waals surface area contributed by atoms with Crippen LogP contribution < -0.4 is 5.73 Å². The van der Waals surface area contributed by atoms with Crippen molar-refractivity contribution in [2.75, 3.05) is 5.73 Å². The fourth-order valence-corrected chi connectivity index (χ4v) is 1.94.